The Morgan fingerprint density at radius 3 is 2.11 bits per heavy atom. The maximum Gasteiger partial charge on any atom is 0.335 e. The van der Waals surface area contributed by atoms with E-state index in [4.69, 9.17) is 9.84 Å². The van der Waals surface area contributed by atoms with E-state index in [0.717, 1.165) is 11.3 Å². The fourth-order valence-electron chi connectivity index (χ4n) is 1.56. The number of ether oxygens (including phenoxy) is 1. The average molecular weight is 252 g/mol. The number of carbonyl (C=O) groups is 1. The molecule has 0 amide bonds. The zero-order valence-electron chi connectivity index (χ0n) is 12.2. The van der Waals surface area contributed by atoms with Crippen molar-refractivity contribution in [3.63, 3.8) is 0 Å². The van der Waals surface area contributed by atoms with Crippen LogP contribution in [-0.2, 0) is 0 Å². The molecule has 0 aliphatic heterocycles. The first kappa shape index (κ1) is 16.5. The normalized spacial score (nSPS) is 10.0. The topological polar surface area (TPSA) is 46.5 Å². The largest absolute Gasteiger partial charge is 0.491 e. The zero-order valence-corrected chi connectivity index (χ0v) is 12.2. The van der Waals surface area contributed by atoms with Crippen LogP contribution < -0.4 is 4.74 Å². The minimum atomic E-state index is -0.889. The van der Waals surface area contributed by atoms with Crippen molar-refractivity contribution in [1.29, 1.82) is 0 Å². The summed E-state index contributed by atoms with van der Waals surface area (Å²) in [5.74, 6) is 0.00492. The van der Waals surface area contributed by atoms with Crippen molar-refractivity contribution in [2.24, 2.45) is 0 Å². The van der Waals surface area contributed by atoms with Gasteiger partial charge in [-0.1, -0.05) is 27.7 Å². The molecule has 1 N–H and O–H groups in total. The third-order valence-electron chi connectivity index (χ3n) is 2.25. The molecule has 0 saturated carbocycles. The van der Waals surface area contributed by atoms with Crippen molar-refractivity contribution >= 4 is 5.97 Å². The first-order valence-electron chi connectivity index (χ1n) is 6.45. The molecule has 102 valence electrons. The highest BCUT2D eigenvalue weighted by Crippen LogP contribution is 2.25. The van der Waals surface area contributed by atoms with Crippen molar-refractivity contribution < 1.29 is 14.6 Å². The van der Waals surface area contributed by atoms with E-state index in [-0.39, 0.29) is 12.0 Å². The van der Waals surface area contributed by atoms with Crippen LogP contribution >= 0.6 is 0 Å². The van der Waals surface area contributed by atoms with E-state index in [0.29, 0.717) is 5.56 Å². The van der Waals surface area contributed by atoms with Crippen LogP contribution in [0.4, 0.5) is 0 Å². The molecule has 0 aliphatic carbocycles. The van der Waals surface area contributed by atoms with Crippen molar-refractivity contribution in [3.8, 4) is 5.75 Å². The first-order chi connectivity index (χ1) is 8.41. The molecular weight excluding hydrogens is 228 g/mol. The van der Waals surface area contributed by atoms with Crippen molar-refractivity contribution in [2.45, 2.75) is 53.6 Å². The van der Waals surface area contributed by atoms with Crippen LogP contribution in [0.1, 0.15) is 63.4 Å². The van der Waals surface area contributed by atoms with Crippen molar-refractivity contribution in [3.05, 3.63) is 29.3 Å². The number of hydrogen-bond donors (Lipinski definition) is 1. The summed E-state index contributed by atoms with van der Waals surface area (Å²) in [7, 11) is 0. The van der Waals surface area contributed by atoms with Gasteiger partial charge in [-0.3, -0.25) is 0 Å². The molecule has 0 unspecified atom stereocenters. The molecule has 0 radical (unpaired) electrons. The van der Waals surface area contributed by atoms with Crippen molar-refractivity contribution in [1.82, 2.24) is 0 Å². The summed E-state index contributed by atoms with van der Waals surface area (Å²) in [5.41, 5.74) is 1.16. The van der Waals surface area contributed by atoms with Crippen LogP contribution in [0.2, 0.25) is 0 Å². The van der Waals surface area contributed by atoms with E-state index in [1.165, 1.54) is 0 Å². The van der Waals surface area contributed by atoms with Gasteiger partial charge in [0, 0.05) is 0 Å². The number of hydrogen-bond acceptors (Lipinski definition) is 2. The Kier molecular flexibility index (Phi) is 7.10. The Labute approximate surface area is 110 Å². The Morgan fingerprint density at radius 1 is 1.17 bits per heavy atom. The fraction of sp³-hybridized carbons (Fsp3) is 0.533. The number of carboxylic acids is 1. The third-order valence-corrected chi connectivity index (χ3v) is 2.25. The lowest BCUT2D eigenvalue weighted by atomic mass is 9.97. The Bertz CT molecular complexity index is 381. The van der Waals surface area contributed by atoms with Gasteiger partial charge in [0.1, 0.15) is 5.75 Å². The number of rotatable bonds is 4. The summed E-state index contributed by atoms with van der Waals surface area (Å²) in [5, 5.41) is 9.05. The second-order valence-electron chi connectivity index (χ2n) is 4.38. The molecule has 0 heterocycles. The van der Waals surface area contributed by atoms with Gasteiger partial charge in [-0.05, 0) is 43.5 Å². The summed E-state index contributed by atoms with van der Waals surface area (Å²) in [6, 6.07) is 5.12. The van der Waals surface area contributed by atoms with Gasteiger partial charge in [0.15, 0.2) is 0 Å². The molecule has 1 aromatic rings. The van der Waals surface area contributed by atoms with Gasteiger partial charge in [-0.2, -0.15) is 0 Å². The summed E-state index contributed by atoms with van der Waals surface area (Å²) in [4.78, 5) is 11.0. The lowest BCUT2D eigenvalue weighted by Crippen LogP contribution is -2.08. The molecule has 0 saturated heterocycles. The summed E-state index contributed by atoms with van der Waals surface area (Å²) >= 11 is 0. The smallest absolute Gasteiger partial charge is 0.335 e. The molecule has 1 aromatic carbocycles. The highest BCUT2D eigenvalue weighted by molar-refractivity contribution is 5.89. The molecular formula is C15H24O3. The van der Waals surface area contributed by atoms with Gasteiger partial charge in [-0.25, -0.2) is 4.79 Å². The van der Waals surface area contributed by atoms with Gasteiger partial charge < -0.3 is 9.84 Å². The maximum absolute atomic E-state index is 11.0. The van der Waals surface area contributed by atoms with Crippen LogP contribution in [0, 0.1) is 0 Å². The molecule has 3 nitrogen and oxygen atoms in total. The fourth-order valence-corrected chi connectivity index (χ4v) is 1.56. The summed E-state index contributed by atoms with van der Waals surface area (Å²) in [6.07, 6.45) is 0.0932. The van der Waals surface area contributed by atoms with Gasteiger partial charge in [0.2, 0.25) is 0 Å². The number of aromatic carboxylic acids is 1. The predicted molar refractivity (Wildman–Crippen MR) is 74.6 cm³/mol. The van der Waals surface area contributed by atoms with Crippen LogP contribution in [0.25, 0.3) is 0 Å². The van der Waals surface area contributed by atoms with E-state index in [1.807, 2.05) is 47.6 Å². The van der Waals surface area contributed by atoms with Gasteiger partial charge in [-0.15, -0.1) is 0 Å². The molecule has 0 aliphatic rings. The molecule has 1 rings (SSSR count). The van der Waals surface area contributed by atoms with E-state index in [1.54, 1.807) is 12.1 Å². The highest BCUT2D eigenvalue weighted by Gasteiger charge is 2.14. The second-order valence-corrected chi connectivity index (χ2v) is 4.38. The molecule has 18 heavy (non-hydrogen) atoms. The minimum absolute atomic E-state index is 0.0932. The van der Waals surface area contributed by atoms with Crippen LogP contribution in [0.15, 0.2) is 18.2 Å². The third kappa shape index (κ3) is 4.78. The molecule has 0 bridgehead atoms. The molecule has 0 aromatic heterocycles. The molecule has 3 heteroatoms. The SMILES string of the molecule is CC.CC(C)Oc1ccc(C(=O)O)c(C(C)C)c1. The van der Waals surface area contributed by atoms with E-state index in [2.05, 4.69) is 0 Å². The Morgan fingerprint density at radius 2 is 1.72 bits per heavy atom. The Balaban J connectivity index is 0.00000137. The van der Waals surface area contributed by atoms with Crippen LogP contribution in [0.3, 0.4) is 0 Å². The standard InChI is InChI=1S/C13H18O3.C2H6/c1-8(2)12-7-10(16-9(3)4)5-6-11(12)13(14)15;1-2/h5-9H,1-4H3,(H,14,15);1-2H3. The molecule has 0 atom stereocenters. The molecule has 0 fully saturated rings. The quantitative estimate of drug-likeness (QED) is 0.868. The van der Waals surface area contributed by atoms with Gasteiger partial charge in [0.25, 0.3) is 0 Å². The number of carboxylic acid groups (broad SMARTS) is 1. The lowest BCUT2D eigenvalue weighted by molar-refractivity contribution is 0.0695. The number of benzene rings is 1. The van der Waals surface area contributed by atoms with Gasteiger partial charge in [0.05, 0.1) is 11.7 Å². The molecule has 0 spiro atoms. The van der Waals surface area contributed by atoms with Gasteiger partial charge >= 0.3 is 5.97 Å². The zero-order chi connectivity index (χ0) is 14.3. The maximum atomic E-state index is 11.0. The van der Waals surface area contributed by atoms with Crippen LogP contribution in [0.5, 0.6) is 5.75 Å². The summed E-state index contributed by atoms with van der Waals surface area (Å²) in [6.45, 7) is 11.8. The summed E-state index contributed by atoms with van der Waals surface area (Å²) < 4.78 is 5.55. The predicted octanol–water partition coefficient (Wildman–Crippen LogP) is 4.32. The second kappa shape index (κ2) is 7.75. The van der Waals surface area contributed by atoms with Crippen molar-refractivity contribution in [2.75, 3.05) is 0 Å². The van der Waals surface area contributed by atoms with E-state index < -0.39 is 5.97 Å². The first-order valence-corrected chi connectivity index (χ1v) is 6.45. The lowest BCUT2D eigenvalue weighted by Gasteiger charge is -2.14. The minimum Gasteiger partial charge on any atom is -0.491 e. The highest BCUT2D eigenvalue weighted by atomic mass is 16.5. The van der Waals surface area contributed by atoms with E-state index >= 15 is 0 Å². The average Bonchev–Trinajstić information content (AvgIpc) is 2.30. The monoisotopic (exact) mass is 252 g/mol. The Hall–Kier alpha value is -1.51. The van der Waals surface area contributed by atoms with E-state index in [9.17, 15) is 4.79 Å². The van der Waals surface area contributed by atoms with Crippen LogP contribution in [-0.4, -0.2) is 17.2 Å².